The first-order valence-corrected chi connectivity index (χ1v) is 11.7. The number of carbonyl (C=O) groups excluding carboxylic acids is 1. The Bertz CT molecular complexity index is 1460. The zero-order valence-electron chi connectivity index (χ0n) is 18.3. The molecule has 0 bridgehead atoms. The van der Waals surface area contributed by atoms with Gasteiger partial charge in [0, 0.05) is 26.3 Å². The fourth-order valence-corrected chi connectivity index (χ4v) is 4.10. The number of fused-ring (bicyclic) bond motifs is 1. The van der Waals surface area contributed by atoms with Gasteiger partial charge in [0.25, 0.3) is 5.91 Å². The smallest absolute Gasteiger partial charge is 0.266 e. The lowest BCUT2D eigenvalue weighted by Gasteiger charge is -2.14. The number of anilines is 1. The summed E-state index contributed by atoms with van der Waals surface area (Å²) in [6, 6.07) is 26.7. The number of nitriles is 1. The molecule has 1 amide bonds. The molecule has 0 aliphatic carbocycles. The van der Waals surface area contributed by atoms with Crippen LogP contribution < -0.4 is 10.1 Å². The summed E-state index contributed by atoms with van der Waals surface area (Å²) >= 11 is 9.62. The van der Waals surface area contributed by atoms with Gasteiger partial charge in [-0.05, 0) is 53.6 Å². The summed E-state index contributed by atoms with van der Waals surface area (Å²) in [5, 5.41) is 15.0. The molecule has 6 heteroatoms. The van der Waals surface area contributed by atoms with Gasteiger partial charge in [-0.15, -0.1) is 0 Å². The first kappa shape index (κ1) is 23.6. The van der Waals surface area contributed by atoms with Crippen LogP contribution >= 0.6 is 27.5 Å². The maximum absolute atomic E-state index is 13.0. The van der Waals surface area contributed by atoms with E-state index < -0.39 is 5.91 Å². The van der Waals surface area contributed by atoms with E-state index in [-0.39, 0.29) is 5.57 Å². The molecule has 4 aromatic rings. The molecule has 0 aliphatic heterocycles. The van der Waals surface area contributed by atoms with E-state index in [1.165, 1.54) is 0 Å². The molecule has 0 fully saturated rings. The molecule has 0 heterocycles. The molecular weight excluding hydrogens is 512 g/mol. The fourth-order valence-electron chi connectivity index (χ4n) is 3.53. The van der Waals surface area contributed by atoms with E-state index in [1.807, 2.05) is 79.7 Å². The van der Waals surface area contributed by atoms with Crippen molar-refractivity contribution in [2.24, 2.45) is 0 Å². The van der Waals surface area contributed by atoms with Crippen molar-refractivity contribution in [1.82, 2.24) is 0 Å². The summed E-state index contributed by atoms with van der Waals surface area (Å²) in [4.78, 5) is 13.0. The van der Waals surface area contributed by atoms with E-state index in [0.717, 1.165) is 26.4 Å². The highest BCUT2D eigenvalue weighted by atomic mass is 79.9. The molecule has 0 spiro atoms. The number of nitrogens with one attached hydrogen (secondary N) is 1. The highest BCUT2D eigenvalue weighted by molar-refractivity contribution is 9.10. The summed E-state index contributed by atoms with van der Waals surface area (Å²) in [7, 11) is 0. The van der Waals surface area contributed by atoms with Gasteiger partial charge in [-0.1, -0.05) is 82.1 Å². The lowest BCUT2D eigenvalue weighted by Crippen LogP contribution is -2.14. The van der Waals surface area contributed by atoms with Crippen LogP contribution in [0.4, 0.5) is 5.69 Å². The molecule has 4 aromatic carbocycles. The van der Waals surface area contributed by atoms with Gasteiger partial charge < -0.3 is 10.1 Å². The number of benzene rings is 4. The van der Waals surface area contributed by atoms with E-state index in [2.05, 4.69) is 21.2 Å². The zero-order chi connectivity index (χ0) is 24.1. The summed E-state index contributed by atoms with van der Waals surface area (Å²) in [6.45, 7) is 2.19. The molecule has 4 nitrogen and oxygen atoms in total. The largest absolute Gasteiger partial charge is 0.488 e. The molecule has 4 rings (SSSR count). The molecule has 0 saturated carbocycles. The van der Waals surface area contributed by atoms with Gasteiger partial charge in [-0.25, -0.2) is 0 Å². The predicted molar refractivity (Wildman–Crippen MR) is 141 cm³/mol. The number of halogens is 2. The second-order valence-electron chi connectivity index (χ2n) is 7.66. The Balaban J connectivity index is 1.72. The van der Waals surface area contributed by atoms with Crippen LogP contribution in [-0.4, -0.2) is 5.91 Å². The Morgan fingerprint density at radius 1 is 1.09 bits per heavy atom. The van der Waals surface area contributed by atoms with Crippen molar-refractivity contribution in [2.75, 3.05) is 5.32 Å². The van der Waals surface area contributed by atoms with Gasteiger partial charge in [0.15, 0.2) is 0 Å². The van der Waals surface area contributed by atoms with Crippen molar-refractivity contribution in [3.8, 4) is 11.8 Å². The normalized spacial score (nSPS) is 11.2. The van der Waals surface area contributed by atoms with E-state index >= 15 is 0 Å². The van der Waals surface area contributed by atoms with Gasteiger partial charge in [-0.2, -0.15) is 5.26 Å². The molecule has 1 N–H and O–H groups in total. The number of hydrogen-bond donors (Lipinski definition) is 1. The Labute approximate surface area is 211 Å². The van der Waals surface area contributed by atoms with Crippen molar-refractivity contribution in [3.05, 3.63) is 111 Å². The molecule has 0 aromatic heterocycles. The van der Waals surface area contributed by atoms with Crippen molar-refractivity contribution < 1.29 is 9.53 Å². The van der Waals surface area contributed by atoms with E-state index in [1.54, 1.807) is 18.2 Å². The number of ether oxygens (including phenoxy) is 1. The van der Waals surface area contributed by atoms with E-state index in [9.17, 15) is 10.1 Å². The number of carbonyl (C=O) groups is 1. The number of nitrogens with zero attached hydrogens (tertiary/aromatic N) is 1. The zero-order valence-corrected chi connectivity index (χ0v) is 20.7. The molecule has 0 atom stereocenters. The molecule has 0 saturated heterocycles. The molecular formula is C28H20BrClN2O2. The molecule has 34 heavy (non-hydrogen) atoms. The average molecular weight is 532 g/mol. The number of amides is 1. The predicted octanol–water partition coefficient (Wildman–Crippen LogP) is 7.69. The minimum atomic E-state index is -0.516. The minimum Gasteiger partial charge on any atom is -0.488 e. The van der Waals surface area contributed by atoms with Gasteiger partial charge in [0.05, 0.1) is 0 Å². The van der Waals surface area contributed by atoms with Gasteiger partial charge >= 0.3 is 0 Å². The lowest BCUT2D eigenvalue weighted by atomic mass is 10.0. The fraction of sp³-hybridized carbons (Fsp3) is 0.0714. The van der Waals surface area contributed by atoms with Crippen LogP contribution in [0, 0.1) is 18.3 Å². The number of rotatable bonds is 6. The first-order chi connectivity index (χ1) is 16.5. The SMILES string of the molecule is Cc1ccc(Cl)cc1NC(=O)/C(C#N)=C/c1c(OCc2ccccc2Br)ccc2ccccc12. The number of aryl methyl sites for hydroxylation is 1. The second kappa shape index (κ2) is 10.6. The maximum atomic E-state index is 13.0. The summed E-state index contributed by atoms with van der Waals surface area (Å²) < 4.78 is 7.10. The Morgan fingerprint density at radius 2 is 1.85 bits per heavy atom. The van der Waals surface area contributed by atoms with Crippen LogP contribution in [0.3, 0.4) is 0 Å². The van der Waals surface area contributed by atoms with Crippen LogP contribution in [-0.2, 0) is 11.4 Å². The Kier molecular flexibility index (Phi) is 7.32. The van der Waals surface area contributed by atoms with E-state index in [4.69, 9.17) is 16.3 Å². The highest BCUT2D eigenvalue weighted by Crippen LogP contribution is 2.32. The van der Waals surface area contributed by atoms with Crippen LogP contribution in [0.25, 0.3) is 16.8 Å². The minimum absolute atomic E-state index is 0.0403. The highest BCUT2D eigenvalue weighted by Gasteiger charge is 2.15. The van der Waals surface area contributed by atoms with Crippen molar-refractivity contribution in [2.45, 2.75) is 13.5 Å². The molecule has 0 aliphatic rings. The Hall–Kier alpha value is -3.59. The topological polar surface area (TPSA) is 62.1 Å². The van der Waals surface area contributed by atoms with Gasteiger partial charge in [-0.3, -0.25) is 4.79 Å². The van der Waals surface area contributed by atoms with Crippen molar-refractivity contribution in [1.29, 1.82) is 5.26 Å². The summed E-state index contributed by atoms with van der Waals surface area (Å²) in [5.41, 5.74) is 3.01. The van der Waals surface area contributed by atoms with Crippen LogP contribution in [0.5, 0.6) is 5.75 Å². The van der Waals surface area contributed by atoms with Gasteiger partial charge in [0.2, 0.25) is 0 Å². The van der Waals surface area contributed by atoms with Crippen molar-refractivity contribution >= 4 is 56.0 Å². The molecule has 168 valence electrons. The number of hydrogen-bond acceptors (Lipinski definition) is 3. The molecule has 0 radical (unpaired) electrons. The van der Waals surface area contributed by atoms with Crippen LogP contribution in [0.2, 0.25) is 5.02 Å². The standard InChI is InChI=1S/C28H20BrClN2O2/c1-18-10-12-22(30)15-26(18)32-28(33)21(16-31)14-24-23-8-4-2-6-19(23)11-13-27(24)34-17-20-7-3-5-9-25(20)29/h2-15H,17H2,1H3,(H,32,33)/b21-14+. The Morgan fingerprint density at radius 3 is 2.65 bits per heavy atom. The summed E-state index contributed by atoms with van der Waals surface area (Å²) in [5.74, 6) is 0.0616. The third-order valence-corrected chi connectivity index (χ3v) is 6.38. The van der Waals surface area contributed by atoms with Gasteiger partial charge in [0.1, 0.15) is 24.0 Å². The van der Waals surface area contributed by atoms with Crippen molar-refractivity contribution in [3.63, 3.8) is 0 Å². The van der Waals surface area contributed by atoms with Crippen LogP contribution in [0.15, 0.2) is 88.9 Å². The monoisotopic (exact) mass is 530 g/mol. The third kappa shape index (κ3) is 5.31. The summed E-state index contributed by atoms with van der Waals surface area (Å²) in [6.07, 6.45) is 1.58. The maximum Gasteiger partial charge on any atom is 0.266 e. The third-order valence-electron chi connectivity index (χ3n) is 5.37. The lowest BCUT2D eigenvalue weighted by molar-refractivity contribution is -0.112. The van der Waals surface area contributed by atoms with Crippen LogP contribution in [0.1, 0.15) is 16.7 Å². The average Bonchev–Trinajstić information content (AvgIpc) is 2.84. The quantitative estimate of drug-likeness (QED) is 0.205. The second-order valence-corrected chi connectivity index (χ2v) is 8.95. The molecule has 0 unspecified atom stereocenters. The first-order valence-electron chi connectivity index (χ1n) is 10.5. The van der Waals surface area contributed by atoms with E-state index in [0.29, 0.717) is 28.6 Å².